The van der Waals surface area contributed by atoms with Gasteiger partial charge in [0.25, 0.3) is 0 Å². The van der Waals surface area contributed by atoms with Gasteiger partial charge in [-0.15, -0.1) is 0 Å². The SMILES string of the molecule is N#CCc1ccc(-c2c(Cl)cc(Cl)cc2Cl)c(N)n1. The molecule has 0 aliphatic carbocycles. The molecule has 0 saturated heterocycles. The summed E-state index contributed by atoms with van der Waals surface area (Å²) in [6.07, 6.45) is 0.201. The molecule has 1 aromatic carbocycles. The van der Waals surface area contributed by atoms with E-state index >= 15 is 0 Å². The lowest BCUT2D eigenvalue weighted by Crippen LogP contribution is -1.98. The van der Waals surface area contributed by atoms with Gasteiger partial charge < -0.3 is 5.73 Å². The number of nitrogen functional groups attached to an aromatic ring is 1. The first-order chi connectivity index (χ1) is 9.02. The maximum Gasteiger partial charge on any atom is 0.131 e. The van der Waals surface area contributed by atoms with E-state index in [1.165, 1.54) is 0 Å². The third kappa shape index (κ3) is 2.93. The van der Waals surface area contributed by atoms with Gasteiger partial charge in [-0.3, -0.25) is 0 Å². The molecule has 0 fully saturated rings. The fourth-order valence-corrected chi connectivity index (χ4v) is 2.73. The molecule has 96 valence electrons. The van der Waals surface area contributed by atoms with Gasteiger partial charge in [0.05, 0.1) is 28.2 Å². The Morgan fingerprint density at radius 2 is 1.79 bits per heavy atom. The van der Waals surface area contributed by atoms with Crippen molar-refractivity contribution in [2.24, 2.45) is 0 Å². The molecule has 3 nitrogen and oxygen atoms in total. The summed E-state index contributed by atoms with van der Waals surface area (Å²) in [5.74, 6) is 0.277. The number of pyridine rings is 1. The summed E-state index contributed by atoms with van der Waals surface area (Å²) in [4.78, 5) is 4.15. The molecule has 0 radical (unpaired) electrons. The standard InChI is InChI=1S/C13H8Cl3N3/c14-7-5-10(15)12(11(16)6-7)9-2-1-8(3-4-17)19-13(9)18/h1-2,5-6H,3H2,(H2,18,19). The predicted molar refractivity (Wildman–Crippen MR) is 78.4 cm³/mol. The van der Waals surface area contributed by atoms with Gasteiger partial charge in [-0.05, 0) is 24.3 Å². The number of benzene rings is 1. The van der Waals surface area contributed by atoms with Crippen molar-refractivity contribution in [1.82, 2.24) is 4.98 Å². The summed E-state index contributed by atoms with van der Waals surface area (Å²) in [5.41, 5.74) is 7.69. The second kappa shape index (κ2) is 5.66. The summed E-state index contributed by atoms with van der Waals surface area (Å²) in [6.45, 7) is 0. The van der Waals surface area contributed by atoms with E-state index in [0.29, 0.717) is 31.9 Å². The molecule has 0 spiro atoms. The average molecular weight is 313 g/mol. The van der Waals surface area contributed by atoms with Crippen molar-refractivity contribution < 1.29 is 0 Å². The van der Waals surface area contributed by atoms with Crippen molar-refractivity contribution in [3.63, 3.8) is 0 Å². The van der Waals surface area contributed by atoms with Gasteiger partial charge in [-0.1, -0.05) is 34.8 Å². The molecule has 0 bridgehead atoms. The van der Waals surface area contributed by atoms with Crippen LogP contribution in [-0.2, 0) is 6.42 Å². The minimum Gasteiger partial charge on any atom is -0.383 e. The van der Waals surface area contributed by atoms with Gasteiger partial charge >= 0.3 is 0 Å². The Labute approximate surface area is 125 Å². The van der Waals surface area contributed by atoms with Crippen molar-refractivity contribution in [3.8, 4) is 17.2 Å². The van der Waals surface area contributed by atoms with Crippen LogP contribution in [0.25, 0.3) is 11.1 Å². The lowest BCUT2D eigenvalue weighted by atomic mass is 10.1. The fraction of sp³-hybridized carbons (Fsp3) is 0.0769. The van der Waals surface area contributed by atoms with Crippen LogP contribution in [0.3, 0.4) is 0 Å². The number of hydrogen-bond donors (Lipinski definition) is 1. The van der Waals surface area contributed by atoms with E-state index in [1.54, 1.807) is 24.3 Å². The van der Waals surface area contributed by atoms with Crippen molar-refractivity contribution in [2.75, 3.05) is 5.73 Å². The summed E-state index contributed by atoms with van der Waals surface area (Å²) >= 11 is 18.1. The first-order valence-electron chi connectivity index (χ1n) is 5.30. The monoisotopic (exact) mass is 311 g/mol. The van der Waals surface area contributed by atoms with E-state index in [4.69, 9.17) is 45.8 Å². The van der Waals surface area contributed by atoms with E-state index in [1.807, 2.05) is 6.07 Å². The maximum atomic E-state index is 8.63. The zero-order chi connectivity index (χ0) is 14.0. The Morgan fingerprint density at radius 3 is 2.32 bits per heavy atom. The number of nitrogens with two attached hydrogens (primary N) is 1. The molecule has 2 aromatic rings. The number of nitrogens with zero attached hydrogens (tertiary/aromatic N) is 2. The highest BCUT2D eigenvalue weighted by atomic mass is 35.5. The van der Waals surface area contributed by atoms with Gasteiger partial charge in [0, 0.05) is 16.1 Å². The van der Waals surface area contributed by atoms with Gasteiger partial charge in [0.15, 0.2) is 0 Å². The Balaban J connectivity index is 2.57. The molecule has 0 saturated carbocycles. The number of halogens is 3. The number of anilines is 1. The lowest BCUT2D eigenvalue weighted by molar-refractivity contribution is 1.12. The number of hydrogen-bond acceptors (Lipinski definition) is 3. The Bertz CT molecular complexity index is 654. The molecule has 1 aromatic heterocycles. The maximum absolute atomic E-state index is 8.63. The highest BCUT2D eigenvalue weighted by molar-refractivity contribution is 6.42. The molecule has 1 heterocycles. The highest BCUT2D eigenvalue weighted by Gasteiger charge is 2.14. The number of rotatable bonds is 2. The molecule has 0 aliphatic heterocycles. The topological polar surface area (TPSA) is 62.7 Å². The smallest absolute Gasteiger partial charge is 0.131 e. The minimum atomic E-state index is 0.201. The number of nitriles is 1. The van der Waals surface area contributed by atoms with Gasteiger partial charge in [0.1, 0.15) is 5.82 Å². The van der Waals surface area contributed by atoms with Crippen LogP contribution in [0.2, 0.25) is 15.1 Å². The van der Waals surface area contributed by atoms with Crippen LogP contribution in [0.5, 0.6) is 0 Å². The van der Waals surface area contributed by atoms with Crippen molar-refractivity contribution in [3.05, 3.63) is 45.0 Å². The van der Waals surface area contributed by atoms with Gasteiger partial charge in [-0.2, -0.15) is 5.26 Å². The predicted octanol–water partition coefficient (Wildman–Crippen LogP) is 4.36. The van der Waals surface area contributed by atoms with Crippen LogP contribution >= 0.6 is 34.8 Å². The largest absolute Gasteiger partial charge is 0.383 e. The summed E-state index contributed by atoms with van der Waals surface area (Å²) < 4.78 is 0. The van der Waals surface area contributed by atoms with Gasteiger partial charge in [-0.25, -0.2) is 4.98 Å². The third-order valence-corrected chi connectivity index (χ3v) is 3.33. The van der Waals surface area contributed by atoms with Crippen LogP contribution in [0, 0.1) is 11.3 Å². The highest BCUT2D eigenvalue weighted by Crippen LogP contribution is 2.39. The van der Waals surface area contributed by atoms with Crippen LogP contribution in [0.1, 0.15) is 5.69 Å². The van der Waals surface area contributed by atoms with E-state index in [-0.39, 0.29) is 12.2 Å². The van der Waals surface area contributed by atoms with E-state index in [2.05, 4.69) is 4.98 Å². The first-order valence-corrected chi connectivity index (χ1v) is 6.43. The lowest BCUT2D eigenvalue weighted by Gasteiger charge is -2.10. The first kappa shape index (κ1) is 14.0. The number of aromatic nitrogens is 1. The Hall–Kier alpha value is -1.47. The molecule has 0 aliphatic rings. The van der Waals surface area contributed by atoms with Crippen LogP contribution in [0.4, 0.5) is 5.82 Å². The summed E-state index contributed by atoms with van der Waals surface area (Å²) in [6, 6.07) is 8.66. The Morgan fingerprint density at radius 1 is 1.16 bits per heavy atom. The van der Waals surface area contributed by atoms with Crippen molar-refractivity contribution in [2.45, 2.75) is 6.42 Å². The molecular weight excluding hydrogens is 305 g/mol. The normalized spacial score (nSPS) is 10.2. The van der Waals surface area contributed by atoms with Crippen LogP contribution in [-0.4, -0.2) is 4.98 Å². The van der Waals surface area contributed by atoms with E-state index in [0.717, 1.165) is 0 Å². The van der Waals surface area contributed by atoms with Crippen LogP contribution in [0.15, 0.2) is 24.3 Å². The van der Waals surface area contributed by atoms with Crippen LogP contribution < -0.4 is 5.73 Å². The molecule has 2 rings (SSSR count). The summed E-state index contributed by atoms with van der Waals surface area (Å²) in [5, 5.41) is 9.88. The van der Waals surface area contributed by atoms with Gasteiger partial charge in [0.2, 0.25) is 0 Å². The fourth-order valence-electron chi connectivity index (χ4n) is 1.71. The molecular formula is C13H8Cl3N3. The quantitative estimate of drug-likeness (QED) is 0.896. The molecule has 19 heavy (non-hydrogen) atoms. The second-order valence-corrected chi connectivity index (χ2v) is 5.07. The van der Waals surface area contributed by atoms with E-state index in [9.17, 15) is 0 Å². The zero-order valence-corrected chi connectivity index (χ0v) is 11.9. The zero-order valence-electron chi connectivity index (χ0n) is 9.62. The minimum absolute atomic E-state index is 0.201. The molecule has 2 N–H and O–H groups in total. The summed E-state index contributed by atoms with van der Waals surface area (Å²) in [7, 11) is 0. The van der Waals surface area contributed by atoms with Crippen molar-refractivity contribution in [1.29, 1.82) is 5.26 Å². The second-order valence-electron chi connectivity index (χ2n) is 3.81. The van der Waals surface area contributed by atoms with Crippen molar-refractivity contribution >= 4 is 40.6 Å². The average Bonchev–Trinajstić information content (AvgIpc) is 2.31. The Kier molecular flexibility index (Phi) is 4.16. The molecule has 0 atom stereocenters. The molecule has 0 amide bonds. The third-order valence-electron chi connectivity index (χ3n) is 2.52. The molecule has 0 unspecified atom stereocenters. The van der Waals surface area contributed by atoms with E-state index < -0.39 is 0 Å². The molecule has 6 heteroatoms.